The van der Waals surface area contributed by atoms with Crippen molar-refractivity contribution in [1.29, 1.82) is 0 Å². The van der Waals surface area contributed by atoms with E-state index in [-0.39, 0.29) is 5.91 Å². The number of rotatable bonds is 4. The molecule has 1 amide bonds. The van der Waals surface area contributed by atoms with E-state index in [1.165, 1.54) is 18.5 Å². The molecule has 1 saturated carbocycles. The van der Waals surface area contributed by atoms with Crippen LogP contribution in [0.3, 0.4) is 0 Å². The number of carbonyl (C=O) groups is 1. The molecule has 0 bridgehead atoms. The van der Waals surface area contributed by atoms with Crippen LogP contribution in [0.25, 0.3) is 0 Å². The van der Waals surface area contributed by atoms with E-state index < -0.39 is 0 Å². The third-order valence-electron chi connectivity index (χ3n) is 4.14. The first kappa shape index (κ1) is 12.7. The molecule has 0 spiro atoms. The maximum absolute atomic E-state index is 12.0. The maximum Gasteiger partial charge on any atom is 0.220 e. The lowest BCUT2D eigenvalue weighted by Gasteiger charge is -2.19. The van der Waals surface area contributed by atoms with Gasteiger partial charge in [0.15, 0.2) is 0 Å². The minimum atomic E-state index is 0.223. The normalized spacial score (nSPS) is 23.7. The molecule has 1 aromatic rings. The van der Waals surface area contributed by atoms with Gasteiger partial charge in [0.05, 0.1) is 0 Å². The second-order valence-electron chi connectivity index (χ2n) is 6.17. The Kier molecular flexibility index (Phi) is 3.60. The van der Waals surface area contributed by atoms with Crippen LogP contribution in [0, 0.1) is 11.8 Å². The first-order chi connectivity index (χ1) is 9.20. The minimum Gasteiger partial charge on any atom is -0.356 e. The molecule has 1 unspecified atom stereocenters. The van der Waals surface area contributed by atoms with E-state index in [9.17, 15) is 4.79 Å². The van der Waals surface area contributed by atoms with E-state index in [0.717, 1.165) is 32.1 Å². The third-order valence-corrected chi connectivity index (χ3v) is 4.14. The van der Waals surface area contributed by atoms with E-state index in [1.54, 1.807) is 0 Å². The van der Waals surface area contributed by atoms with Crippen molar-refractivity contribution < 1.29 is 4.79 Å². The topological polar surface area (TPSA) is 37.3 Å². The molecule has 2 heterocycles. The van der Waals surface area contributed by atoms with Gasteiger partial charge in [-0.3, -0.25) is 4.79 Å². The van der Waals surface area contributed by atoms with Crippen LogP contribution in [-0.4, -0.2) is 35.5 Å². The Balaban J connectivity index is 1.56. The van der Waals surface area contributed by atoms with E-state index in [2.05, 4.69) is 40.2 Å². The zero-order chi connectivity index (χ0) is 13.2. The highest BCUT2D eigenvalue weighted by atomic mass is 16.1. The second kappa shape index (κ2) is 5.37. The molecule has 0 radical (unpaired) electrons. The molecule has 1 aliphatic carbocycles. The molecular formula is C15H23N3O. The minimum absolute atomic E-state index is 0.223. The zero-order valence-corrected chi connectivity index (χ0v) is 11.6. The largest absolute Gasteiger partial charge is 0.356 e. The van der Waals surface area contributed by atoms with Crippen molar-refractivity contribution in [3.8, 4) is 0 Å². The van der Waals surface area contributed by atoms with Gasteiger partial charge in [0, 0.05) is 44.5 Å². The summed E-state index contributed by atoms with van der Waals surface area (Å²) in [6.07, 6.45) is 5.36. The standard InChI is InChI=1S/C15H23N3O/c1-17-9-13(7-15(19)16-8-12-4-5-12)10-18-6-2-3-14(18)11-17/h2-3,6,12-13H,4-5,7-11H2,1H3,(H,16,19). The van der Waals surface area contributed by atoms with Crippen molar-refractivity contribution in [2.45, 2.75) is 32.4 Å². The van der Waals surface area contributed by atoms with E-state index in [1.807, 2.05) is 0 Å². The molecule has 1 atom stereocenters. The van der Waals surface area contributed by atoms with Crippen molar-refractivity contribution in [1.82, 2.24) is 14.8 Å². The van der Waals surface area contributed by atoms with Crippen LogP contribution in [0.1, 0.15) is 25.0 Å². The molecule has 1 aromatic heterocycles. The quantitative estimate of drug-likeness (QED) is 0.891. The maximum atomic E-state index is 12.0. The number of nitrogens with one attached hydrogen (secondary N) is 1. The molecule has 4 heteroatoms. The Morgan fingerprint density at radius 2 is 2.21 bits per heavy atom. The van der Waals surface area contributed by atoms with Crippen LogP contribution in [0.2, 0.25) is 0 Å². The molecule has 4 nitrogen and oxygen atoms in total. The molecule has 1 N–H and O–H groups in total. The Morgan fingerprint density at radius 3 is 3.00 bits per heavy atom. The molecule has 3 rings (SSSR count). The molecule has 2 aliphatic rings. The van der Waals surface area contributed by atoms with Crippen molar-refractivity contribution in [3.63, 3.8) is 0 Å². The Bertz CT molecular complexity index is 450. The predicted octanol–water partition coefficient (Wildman–Crippen LogP) is 1.47. The number of carbonyl (C=O) groups excluding carboxylic acids is 1. The summed E-state index contributed by atoms with van der Waals surface area (Å²) in [6.45, 7) is 3.82. The van der Waals surface area contributed by atoms with Crippen LogP contribution in [0.15, 0.2) is 18.3 Å². The summed E-state index contributed by atoms with van der Waals surface area (Å²) in [4.78, 5) is 14.3. The summed E-state index contributed by atoms with van der Waals surface area (Å²) >= 11 is 0. The number of hydrogen-bond donors (Lipinski definition) is 1. The summed E-state index contributed by atoms with van der Waals surface area (Å²) in [6, 6.07) is 4.27. The summed E-state index contributed by atoms with van der Waals surface area (Å²) in [5.74, 6) is 1.40. The average molecular weight is 261 g/mol. The number of aromatic nitrogens is 1. The van der Waals surface area contributed by atoms with Gasteiger partial charge < -0.3 is 14.8 Å². The fraction of sp³-hybridized carbons (Fsp3) is 0.667. The van der Waals surface area contributed by atoms with Gasteiger partial charge in [-0.1, -0.05) is 0 Å². The van der Waals surface area contributed by atoms with E-state index >= 15 is 0 Å². The molecule has 0 aromatic carbocycles. The van der Waals surface area contributed by atoms with Gasteiger partial charge in [-0.25, -0.2) is 0 Å². The molecule has 104 valence electrons. The van der Waals surface area contributed by atoms with E-state index in [0.29, 0.717) is 12.3 Å². The van der Waals surface area contributed by atoms with Gasteiger partial charge in [0.2, 0.25) is 5.91 Å². The van der Waals surface area contributed by atoms with E-state index in [4.69, 9.17) is 0 Å². The van der Waals surface area contributed by atoms with Crippen LogP contribution >= 0.6 is 0 Å². The SMILES string of the molecule is CN1Cc2cccn2CC(CC(=O)NCC2CC2)C1. The molecule has 19 heavy (non-hydrogen) atoms. The molecule has 1 aliphatic heterocycles. The highest BCUT2D eigenvalue weighted by molar-refractivity contribution is 5.76. The predicted molar refractivity (Wildman–Crippen MR) is 74.6 cm³/mol. The first-order valence-electron chi connectivity index (χ1n) is 7.30. The van der Waals surface area contributed by atoms with Crippen molar-refractivity contribution in [3.05, 3.63) is 24.0 Å². The summed E-state index contributed by atoms with van der Waals surface area (Å²) < 4.78 is 2.29. The Labute approximate surface area is 114 Å². The van der Waals surface area contributed by atoms with Crippen LogP contribution in [0.5, 0.6) is 0 Å². The highest BCUT2D eigenvalue weighted by Gasteiger charge is 2.24. The molecule has 0 saturated heterocycles. The first-order valence-corrected chi connectivity index (χ1v) is 7.30. The van der Waals surface area contributed by atoms with Crippen LogP contribution in [0.4, 0.5) is 0 Å². The van der Waals surface area contributed by atoms with Crippen LogP contribution in [-0.2, 0) is 17.9 Å². The van der Waals surface area contributed by atoms with Gasteiger partial charge in [0.25, 0.3) is 0 Å². The lowest BCUT2D eigenvalue weighted by Crippen LogP contribution is -2.32. The Hall–Kier alpha value is -1.29. The fourth-order valence-electron chi connectivity index (χ4n) is 2.93. The lowest BCUT2D eigenvalue weighted by molar-refractivity contribution is -0.122. The zero-order valence-electron chi connectivity index (χ0n) is 11.6. The summed E-state index contributed by atoms with van der Waals surface area (Å²) in [5.41, 5.74) is 1.35. The Morgan fingerprint density at radius 1 is 1.37 bits per heavy atom. The fourth-order valence-corrected chi connectivity index (χ4v) is 2.93. The molecule has 1 fully saturated rings. The third kappa shape index (κ3) is 3.38. The smallest absolute Gasteiger partial charge is 0.220 e. The lowest BCUT2D eigenvalue weighted by atomic mass is 10.0. The highest BCUT2D eigenvalue weighted by Crippen LogP contribution is 2.27. The van der Waals surface area contributed by atoms with Gasteiger partial charge in [-0.2, -0.15) is 0 Å². The second-order valence-corrected chi connectivity index (χ2v) is 6.17. The van der Waals surface area contributed by atoms with Crippen molar-refractivity contribution in [2.75, 3.05) is 20.1 Å². The van der Waals surface area contributed by atoms with Gasteiger partial charge in [0.1, 0.15) is 0 Å². The summed E-state index contributed by atoms with van der Waals surface area (Å²) in [7, 11) is 2.14. The number of fused-ring (bicyclic) bond motifs is 1. The van der Waals surface area contributed by atoms with Gasteiger partial charge in [-0.15, -0.1) is 0 Å². The molecular weight excluding hydrogens is 238 g/mol. The van der Waals surface area contributed by atoms with Crippen molar-refractivity contribution in [2.24, 2.45) is 11.8 Å². The monoisotopic (exact) mass is 261 g/mol. The van der Waals surface area contributed by atoms with Gasteiger partial charge in [-0.05, 0) is 43.9 Å². The number of nitrogens with zero attached hydrogens (tertiary/aromatic N) is 2. The number of hydrogen-bond acceptors (Lipinski definition) is 2. The van der Waals surface area contributed by atoms with Gasteiger partial charge >= 0.3 is 0 Å². The number of amides is 1. The summed E-state index contributed by atoms with van der Waals surface area (Å²) in [5, 5.41) is 3.08. The van der Waals surface area contributed by atoms with Crippen LogP contribution < -0.4 is 5.32 Å². The van der Waals surface area contributed by atoms with Crippen molar-refractivity contribution >= 4 is 5.91 Å². The average Bonchev–Trinajstić information content (AvgIpc) is 3.11.